The maximum absolute atomic E-state index is 2.50. The van der Waals surface area contributed by atoms with E-state index in [2.05, 4.69) is 312 Å². The van der Waals surface area contributed by atoms with E-state index in [4.69, 9.17) is 0 Å². The molecule has 12 aromatic carbocycles. The van der Waals surface area contributed by atoms with E-state index in [1.165, 1.54) is 110 Å². The van der Waals surface area contributed by atoms with Gasteiger partial charge in [-0.3, -0.25) is 0 Å². The van der Waals surface area contributed by atoms with E-state index >= 15 is 0 Å². The van der Waals surface area contributed by atoms with Crippen molar-refractivity contribution >= 4 is 82.5 Å². The summed E-state index contributed by atoms with van der Waals surface area (Å²) >= 11 is 0. The van der Waals surface area contributed by atoms with E-state index in [1.54, 1.807) is 0 Å². The predicted octanol–water partition coefficient (Wildman–Crippen LogP) is 20.1. The molecule has 0 atom stereocenters. The van der Waals surface area contributed by atoms with Gasteiger partial charge in [0.05, 0.1) is 44.5 Å². The number of benzene rings is 12. The third-order valence-electron chi connectivity index (χ3n) is 17.0. The molecule has 0 fully saturated rings. The molecule has 0 amide bonds. The molecule has 0 saturated heterocycles. The van der Waals surface area contributed by atoms with Crippen LogP contribution in [0.1, 0.15) is 25.0 Å². The minimum atomic E-state index is -0.243. The highest BCUT2D eigenvalue weighted by Crippen LogP contribution is 2.53. The Kier molecular flexibility index (Phi) is 9.95. The number of rotatable bonds is 7. The minimum absolute atomic E-state index is 0.243. The summed E-state index contributed by atoms with van der Waals surface area (Å²) in [6.07, 6.45) is 0. The first kappa shape index (κ1) is 45.1. The van der Waals surface area contributed by atoms with Crippen LogP contribution in [0.15, 0.2) is 279 Å². The highest BCUT2D eigenvalue weighted by Gasteiger charge is 2.37. The zero-order valence-electron chi connectivity index (χ0n) is 43.8. The molecular formula is C75H52N4. The molecule has 4 nitrogen and oxygen atoms in total. The van der Waals surface area contributed by atoms with Gasteiger partial charge in [-0.1, -0.05) is 196 Å². The molecule has 4 heteroatoms. The van der Waals surface area contributed by atoms with Gasteiger partial charge in [0.2, 0.25) is 0 Å². The number of hydrogen-bond acceptors (Lipinski definition) is 1. The van der Waals surface area contributed by atoms with Crippen LogP contribution in [0.2, 0.25) is 0 Å². The van der Waals surface area contributed by atoms with Gasteiger partial charge >= 0.3 is 0 Å². The summed E-state index contributed by atoms with van der Waals surface area (Å²) in [6.45, 7) is 4.75. The molecule has 16 rings (SSSR count). The van der Waals surface area contributed by atoms with Crippen LogP contribution < -0.4 is 4.90 Å². The third kappa shape index (κ3) is 6.87. The second-order valence-corrected chi connectivity index (χ2v) is 21.7. The Bertz CT molecular complexity index is 4840. The second-order valence-electron chi connectivity index (χ2n) is 21.7. The van der Waals surface area contributed by atoms with Gasteiger partial charge in [-0.25, -0.2) is 0 Å². The molecule has 0 N–H and O–H groups in total. The van der Waals surface area contributed by atoms with Crippen molar-refractivity contribution in [3.8, 4) is 50.4 Å². The lowest BCUT2D eigenvalue weighted by atomic mass is 9.73. The highest BCUT2D eigenvalue weighted by molar-refractivity contribution is 6.13. The maximum Gasteiger partial charge on any atom is 0.0542 e. The summed E-state index contributed by atoms with van der Waals surface area (Å²) in [5, 5.41) is 7.49. The minimum Gasteiger partial charge on any atom is -0.310 e. The molecule has 15 aromatic rings. The molecule has 3 aromatic heterocycles. The summed E-state index contributed by atoms with van der Waals surface area (Å²) in [6, 6.07) is 103. The number of fused-ring (bicyclic) bond motifs is 11. The molecule has 79 heavy (non-hydrogen) atoms. The Morgan fingerprint density at radius 2 is 0.684 bits per heavy atom. The standard InChI is InChI=1S/C75H52N4/c1-75(2)65-31-11-17-37-73(65)79(55-25-19-24-54(47-55)77-67-32-12-6-26-58(67)59-27-7-13-33-68(59)77)74-46-52(39-42-66(74)75)57-41-38-51(45-63(57)49-20-4-3-5-21-49)50-22-18-23-53(44-50)76-71-36-16-10-30-62(71)64-48-56(40-43-72(64)76)78-69-34-14-8-28-60(69)61-29-9-15-35-70(61)78/h3-48H,1-2H3. The third-order valence-corrected chi connectivity index (χ3v) is 17.0. The van der Waals surface area contributed by atoms with Gasteiger partial charge in [-0.15, -0.1) is 0 Å². The van der Waals surface area contributed by atoms with Crippen LogP contribution in [-0.4, -0.2) is 13.7 Å². The van der Waals surface area contributed by atoms with Crippen molar-refractivity contribution in [2.45, 2.75) is 19.3 Å². The van der Waals surface area contributed by atoms with Gasteiger partial charge in [-0.2, -0.15) is 0 Å². The number of para-hydroxylation sites is 6. The van der Waals surface area contributed by atoms with Crippen LogP contribution in [0.25, 0.3) is 116 Å². The summed E-state index contributed by atoms with van der Waals surface area (Å²) in [4.78, 5) is 2.50. The SMILES string of the molecule is CC1(C)c2ccccc2N(c2cccc(-n3c4ccccc4c4ccccc43)c2)c2cc(-c3ccc(-c4cccc(-n5c6ccccc6c6cc(-n7c8ccccc8c8ccccc87)ccc65)c4)cc3-c3ccccc3)ccc21. The molecule has 0 aliphatic carbocycles. The number of anilines is 3. The Morgan fingerprint density at radius 3 is 1.30 bits per heavy atom. The lowest BCUT2D eigenvalue weighted by Crippen LogP contribution is -2.30. The van der Waals surface area contributed by atoms with Crippen LogP contribution in [0.4, 0.5) is 17.1 Å². The Labute approximate surface area is 458 Å². The first-order valence-electron chi connectivity index (χ1n) is 27.4. The fraction of sp³-hybridized carbons (Fsp3) is 0.0400. The van der Waals surface area contributed by atoms with Crippen molar-refractivity contribution in [3.05, 3.63) is 290 Å². The molecule has 0 saturated carbocycles. The van der Waals surface area contributed by atoms with Crippen LogP contribution in [0.5, 0.6) is 0 Å². The molecule has 0 spiro atoms. The van der Waals surface area contributed by atoms with E-state index in [0.717, 1.165) is 33.9 Å². The largest absolute Gasteiger partial charge is 0.310 e. The topological polar surface area (TPSA) is 18.0 Å². The molecule has 0 bridgehead atoms. The molecule has 4 heterocycles. The lowest BCUT2D eigenvalue weighted by molar-refractivity contribution is 0.632. The smallest absolute Gasteiger partial charge is 0.0542 e. The molecule has 0 unspecified atom stereocenters. The van der Waals surface area contributed by atoms with Crippen molar-refractivity contribution in [2.24, 2.45) is 0 Å². The maximum atomic E-state index is 2.50. The van der Waals surface area contributed by atoms with Crippen molar-refractivity contribution < 1.29 is 0 Å². The van der Waals surface area contributed by atoms with Crippen LogP contribution in [0, 0.1) is 0 Å². The normalized spacial score (nSPS) is 13.0. The zero-order chi connectivity index (χ0) is 52.3. The summed E-state index contributed by atoms with van der Waals surface area (Å²) in [7, 11) is 0. The highest BCUT2D eigenvalue weighted by atomic mass is 15.2. The van der Waals surface area contributed by atoms with Crippen molar-refractivity contribution in [2.75, 3.05) is 4.90 Å². The molecule has 0 radical (unpaired) electrons. The summed E-state index contributed by atoms with van der Waals surface area (Å²) < 4.78 is 7.27. The fourth-order valence-electron chi connectivity index (χ4n) is 13.4. The Hall–Kier alpha value is -10.2. The average Bonchev–Trinajstić information content (AvgIpc) is 4.33. The average molecular weight is 1010 g/mol. The second kappa shape index (κ2) is 17.4. The van der Waals surface area contributed by atoms with Gasteiger partial charge in [0, 0.05) is 60.5 Å². The van der Waals surface area contributed by atoms with Gasteiger partial charge in [0.25, 0.3) is 0 Å². The molecule has 1 aliphatic rings. The van der Waals surface area contributed by atoms with Crippen LogP contribution >= 0.6 is 0 Å². The first-order valence-corrected chi connectivity index (χ1v) is 27.4. The van der Waals surface area contributed by atoms with Crippen molar-refractivity contribution in [1.29, 1.82) is 0 Å². The van der Waals surface area contributed by atoms with Gasteiger partial charge in [0.1, 0.15) is 0 Å². The quantitative estimate of drug-likeness (QED) is 0.156. The van der Waals surface area contributed by atoms with Crippen LogP contribution in [-0.2, 0) is 5.41 Å². The predicted molar refractivity (Wildman–Crippen MR) is 333 cm³/mol. The molecule has 372 valence electrons. The first-order chi connectivity index (χ1) is 39.0. The van der Waals surface area contributed by atoms with Gasteiger partial charge in [-0.05, 0) is 142 Å². The fourth-order valence-corrected chi connectivity index (χ4v) is 13.4. The van der Waals surface area contributed by atoms with Gasteiger partial charge in [0.15, 0.2) is 0 Å². The van der Waals surface area contributed by atoms with E-state index in [0.29, 0.717) is 0 Å². The van der Waals surface area contributed by atoms with E-state index in [1.807, 2.05) is 0 Å². The van der Waals surface area contributed by atoms with E-state index in [9.17, 15) is 0 Å². The Balaban J connectivity index is 0.824. The van der Waals surface area contributed by atoms with Crippen LogP contribution in [0.3, 0.4) is 0 Å². The number of hydrogen-bond donors (Lipinski definition) is 0. The summed E-state index contributed by atoms with van der Waals surface area (Å²) in [5.74, 6) is 0. The van der Waals surface area contributed by atoms with Gasteiger partial charge < -0.3 is 18.6 Å². The summed E-state index contributed by atoms with van der Waals surface area (Å²) in [5.41, 5.74) is 23.5. The lowest BCUT2D eigenvalue weighted by Gasteiger charge is -2.42. The van der Waals surface area contributed by atoms with Crippen molar-refractivity contribution in [1.82, 2.24) is 13.7 Å². The Morgan fingerprint density at radius 1 is 0.241 bits per heavy atom. The monoisotopic (exact) mass is 1010 g/mol. The molecule has 1 aliphatic heterocycles. The molecular weight excluding hydrogens is 957 g/mol. The van der Waals surface area contributed by atoms with E-state index in [-0.39, 0.29) is 5.41 Å². The van der Waals surface area contributed by atoms with E-state index < -0.39 is 0 Å². The number of aromatic nitrogens is 3. The number of nitrogens with zero attached hydrogens (tertiary/aromatic N) is 4. The van der Waals surface area contributed by atoms with Crippen molar-refractivity contribution in [3.63, 3.8) is 0 Å². The zero-order valence-corrected chi connectivity index (χ0v) is 43.8.